The maximum Gasteiger partial charge on any atom is 0.271 e. The molecule has 0 radical (unpaired) electrons. The van der Waals surface area contributed by atoms with Crippen LogP contribution < -0.4 is 5.32 Å². The van der Waals surface area contributed by atoms with Crippen molar-refractivity contribution in [1.82, 2.24) is 14.9 Å². The summed E-state index contributed by atoms with van der Waals surface area (Å²) in [6.45, 7) is 5.68. The van der Waals surface area contributed by atoms with Crippen molar-refractivity contribution in [2.45, 2.75) is 31.2 Å². The molecule has 0 aliphatic rings. The van der Waals surface area contributed by atoms with Crippen LogP contribution in [0.25, 0.3) is 28.2 Å². The molecule has 1 N–H and O–H groups in total. The van der Waals surface area contributed by atoms with E-state index in [1.165, 1.54) is 6.26 Å². The molecule has 0 saturated carbocycles. The predicted octanol–water partition coefficient (Wildman–Crippen LogP) is 6.44. The average Bonchev–Trinajstić information content (AvgIpc) is 3.23. The van der Waals surface area contributed by atoms with Crippen LogP contribution in [0.3, 0.4) is 0 Å². The number of nitrogens with one attached hydrogen (secondary N) is 1. The topological polar surface area (TPSA) is 81.1 Å². The van der Waals surface area contributed by atoms with Crippen molar-refractivity contribution in [3.63, 3.8) is 0 Å². The largest absolute Gasteiger partial charge is 0.346 e. The Labute approximate surface area is 220 Å². The number of amides is 1. The van der Waals surface area contributed by atoms with Gasteiger partial charge in [0.2, 0.25) is 0 Å². The number of halogens is 2. The lowest BCUT2D eigenvalue weighted by atomic mass is 10.1. The molecule has 0 bridgehead atoms. The van der Waals surface area contributed by atoms with Crippen molar-refractivity contribution in [1.29, 1.82) is 0 Å². The molecule has 0 spiro atoms. The number of imidazole rings is 1. The first kappa shape index (κ1) is 25.9. The first-order valence-electron chi connectivity index (χ1n) is 11.1. The van der Waals surface area contributed by atoms with Crippen LogP contribution in [0.5, 0.6) is 0 Å². The monoisotopic (exact) mass is 541 g/mol. The lowest BCUT2D eigenvalue weighted by Gasteiger charge is -2.19. The summed E-state index contributed by atoms with van der Waals surface area (Å²) in [6, 6.07) is 19.4. The highest BCUT2D eigenvalue weighted by molar-refractivity contribution is 7.90. The SMILES string of the molecule is CC(C)(C)NC(=O)c1cn(-c2ccc(-c3cccc(S(C)(=O)=O)c3)cc2)c(-c2c(Cl)cccc2Cl)n1. The second-order valence-corrected chi connectivity index (χ2v) is 12.3. The fourth-order valence-corrected chi connectivity index (χ4v) is 4.93. The van der Waals surface area contributed by atoms with Gasteiger partial charge in [-0.3, -0.25) is 9.36 Å². The first-order valence-corrected chi connectivity index (χ1v) is 13.8. The second-order valence-electron chi connectivity index (χ2n) is 9.47. The van der Waals surface area contributed by atoms with E-state index in [0.29, 0.717) is 21.4 Å². The summed E-state index contributed by atoms with van der Waals surface area (Å²) in [5.41, 5.74) is 2.64. The lowest BCUT2D eigenvalue weighted by Crippen LogP contribution is -2.40. The van der Waals surface area contributed by atoms with E-state index in [4.69, 9.17) is 23.2 Å². The van der Waals surface area contributed by atoms with E-state index in [-0.39, 0.29) is 16.5 Å². The van der Waals surface area contributed by atoms with Gasteiger partial charge in [-0.05, 0) is 68.3 Å². The van der Waals surface area contributed by atoms with Gasteiger partial charge in [-0.2, -0.15) is 0 Å². The molecule has 4 rings (SSSR count). The number of hydrogen-bond donors (Lipinski definition) is 1. The summed E-state index contributed by atoms with van der Waals surface area (Å²) >= 11 is 13.0. The van der Waals surface area contributed by atoms with E-state index in [0.717, 1.165) is 16.8 Å². The van der Waals surface area contributed by atoms with Crippen molar-refractivity contribution in [2.75, 3.05) is 6.26 Å². The van der Waals surface area contributed by atoms with Gasteiger partial charge in [0.1, 0.15) is 11.5 Å². The summed E-state index contributed by atoms with van der Waals surface area (Å²) in [4.78, 5) is 17.8. The Morgan fingerprint density at radius 1 is 0.917 bits per heavy atom. The highest BCUT2D eigenvalue weighted by Gasteiger charge is 2.23. The van der Waals surface area contributed by atoms with Gasteiger partial charge in [-0.15, -0.1) is 0 Å². The third-order valence-electron chi connectivity index (χ3n) is 5.35. The highest BCUT2D eigenvalue weighted by Crippen LogP contribution is 2.36. The Kier molecular flexibility index (Phi) is 7.01. The number of carbonyl (C=O) groups excluding carboxylic acids is 1. The molecule has 0 unspecified atom stereocenters. The Morgan fingerprint density at radius 3 is 2.11 bits per heavy atom. The summed E-state index contributed by atoms with van der Waals surface area (Å²) < 4.78 is 25.7. The Balaban J connectivity index is 1.81. The number of rotatable bonds is 5. The molecule has 1 aromatic heterocycles. The van der Waals surface area contributed by atoms with Gasteiger partial charge in [0.25, 0.3) is 5.91 Å². The summed E-state index contributed by atoms with van der Waals surface area (Å²) in [7, 11) is -3.32. The van der Waals surface area contributed by atoms with Crippen LogP contribution in [0.4, 0.5) is 0 Å². The van der Waals surface area contributed by atoms with E-state index in [1.807, 2.05) is 51.1 Å². The quantitative estimate of drug-likeness (QED) is 0.315. The fraction of sp³-hybridized carbons (Fsp3) is 0.185. The van der Waals surface area contributed by atoms with E-state index < -0.39 is 15.4 Å². The van der Waals surface area contributed by atoms with Crippen LogP contribution in [0.2, 0.25) is 10.0 Å². The van der Waals surface area contributed by atoms with E-state index in [2.05, 4.69) is 10.3 Å². The van der Waals surface area contributed by atoms with Gasteiger partial charge in [-0.1, -0.05) is 53.5 Å². The standard InChI is InChI=1S/C27H25Cl2N3O3S/c1-27(2,3)31-26(33)23-16-32(25(30-23)24-21(28)9-6-10-22(24)29)19-13-11-17(12-14-19)18-7-5-8-20(15-18)36(4,34)35/h5-16H,1-4H3,(H,31,33). The minimum Gasteiger partial charge on any atom is -0.346 e. The van der Waals surface area contributed by atoms with Crippen molar-refractivity contribution < 1.29 is 13.2 Å². The zero-order valence-corrected chi connectivity index (χ0v) is 22.5. The number of carbonyl (C=O) groups is 1. The van der Waals surface area contributed by atoms with Crippen LogP contribution in [0.15, 0.2) is 77.8 Å². The van der Waals surface area contributed by atoms with Crippen LogP contribution in [0.1, 0.15) is 31.3 Å². The lowest BCUT2D eigenvalue weighted by molar-refractivity contribution is 0.0915. The number of aromatic nitrogens is 2. The van der Waals surface area contributed by atoms with Crippen molar-refractivity contribution >= 4 is 38.9 Å². The third-order valence-corrected chi connectivity index (χ3v) is 7.09. The number of nitrogens with zero attached hydrogens (tertiary/aromatic N) is 2. The average molecular weight is 542 g/mol. The molecule has 0 fully saturated rings. The molecule has 0 saturated heterocycles. The smallest absolute Gasteiger partial charge is 0.271 e. The molecular weight excluding hydrogens is 517 g/mol. The van der Waals surface area contributed by atoms with E-state index >= 15 is 0 Å². The molecule has 36 heavy (non-hydrogen) atoms. The minimum absolute atomic E-state index is 0.223. The predicted molar refractivity (Wildman–Crippen MR) is 145 cm³/mol. The van der Waals surface area contributed by atoms with E-state index in [9.17, 15) is 13.2 Å². The number of hydrogen-bond acceptors (Lipinski definition) is 4. The summed E-state index contributed by atoms with van der Waals surface area (Å²) in [6.07, 6.45) is 2.83. The van der Waals surface area contributed by atoms with Gasteiger partial charge in [-0.25, -0.2) is 13.4 Å². The molecule has 3 aromatic carbocycles. The van der Waals surface area contributed by atoms with Crippen LogP contribution in [-0.4, -0.2) is 35.7 Å². The highest BCUT2D eigenvalue weighted by atomic mass is 35.5. The van der Waals surface area contributed by atoms with Crippen LogP contribution in [0, 0.1) is 0 Å². The van der Waals surface area contributed by atoms with Crippen LogP contribution in [-0.2, 0) is 9.84 Å². The Hall–Kier alpha value is -3.13. The van der Waals surface area contributed by atoms with Gasteiger partial charge in [0.05, 0.1) is 20.5 Å². The molecule has 6 nitrogen and oxygen atoms in total. The normalized spacial score (nSPS) is 11.9. The first-order chi connectivity index (χ1) is 16.8. The molecule has 1 amide bonds. The molecule has 0 atom stereocenters. The molecule has 1 heterocycles. The van der Waals surface area contributed by atoms with Crippen molar-refractivity contribution in [3.8, 4) is 28.2 Å². The van der Waals surface area contributed by atoms with Gasteiger partial charge >= 0.3 is 0 Å². The summed E-state index contributed by atoms with van der Waals surface area (Å²) in [5, 5.41) is 3.74. The maximum absolute atomic E-state index is 12.9. The van der Waals surface area contributed by atoms with Crippen molar-refractivity contribution in [3.05, 3.63) is 88.7 Å². The van der Waals surface area contributed by atoms with Crippen LogP contribution >= 0.6 is 23.2 Å². The Morgan fingerprint density at radius 2 is 1.53 bits per heavy atom. The van der Waals surface area contributed by atoms with Gasteiger partial charge in [0, 0.05) is 23.7 Å². The fourth-order valence-electron chi connectivity index (χ4n) is 3.70. The van der Waals surface area contributed by atoms with Crippen molar-refractivity contribution in [2.24, 2.45) is 0 Å². The molecule has 4 aromatic rings. The second kappa shape index (κ2) is 9.73. The third kappa shape index (κ3) is 5.64. The number of sulfone groups is 1. The maximum atomic E-state index is 12.9. The zero-order chi connectivity index (χ0) is 26.3. The number of benzene rings is 3. The summed E-state index contributed by atoms with van der Waals surface area (Å²) in [5.74, 6) is 0.108. The molecule has 0 aliphatic heterocycles. The zero-order valence-electron chi connectivity index (χ0n) is 20.2. The Bertz CT molecular complexity index is 1530. The van der Waals surface area contributed by atoms with Gasteiger partial charge < -0.3 is 5.32 Å². The van der Waals surface area contributed by atoms with E-state index in [1.54, 1.807) is 47.2 Å². The van der Waals surface area contributed by atoms with Gasteiger partial charge in [0.15, 0.2) is 9.84 Å². The minimum atomic E-state index is -3.32. The molecule has 0 aliphatic carbocycles. The molecule has 186 valence electrons. The molecular formula is C27H25Cl2N3O3S. The molecule has 9 heteroatoms.